The van der Waals surface area contributed by atoms with Crippen LogP contribution in [-0.4, -0.2) is 5.97 Å². The third-order valence-electron chi connectivity index (χ3n) is 4.10. The summed E-state index contributed by atoms with van der Waals surface area (Å²) in [6.07, 6.45) is 2.79. The van der Waals surface area contributed by atoms with Gasteiger partial charge in [0.15, 0.2) is 0 Å². The molecule has 4 nitrogen and oxygen atoms in total. The van der Waals surface area contributed by atoms with Crippen LogP contribution in [0.15, 0.2) is 57.8 Å². The van der Waals surface area contributed by atoms with Gasteiger partial charge in [0.05, 0.1) is 0 Å². The Morgan fingerprint density at radius 1 is 1.12 bits per heavy atom. The van der Waals surface area contributed by atoms with E-state index >= 15 is 0 Å². The Morgan fingerprint density at radius 3 is 2.54 bits per heavy atom. The van der Waals surface area contributed by atoms with Gasteiger partial charge in [-0.1, -0.05) is 12.1 Å². The van der Waals surface area contributed by atoms with Crippen molar-refractivity contribution in [2.45, 2.75) is 20.5 Å². The SMILES string of the molecule is Cc1cc2oc(=O)cc(COC(=O)/C=C/c3ccc(F)cc3)c2cc1C. The number of fused-ring (bicyclic) bond motifs is 1. The van der Waals surface area contributed by atoms with Gasteiger partial charge < -0.3 is 9.15 Å². The normalized spacial score (nSPS) is 11.2. The van der Waals surface area contributed by atoms with Gasteiger partial charge in [0, 0.05) is 23.1 Å². The molecular formula is C21H17FO4. The van der Waals surface area contributed by atoms with Crippen LogP contribution in [0.4, 0.5) is 4.39 Å². The lowest BCUT2D eigenvalue weighted by Gasteiger charge is -2.08. The number of carbonyl (C=O) groups is 1. The molecule has 0 saturated carbocycles. The van der Waals surface area contributed by atoms with Crippen molar-refractivity contribution in [3.8, 4) is 0 Å². The van der Waals surface area contributed by atoms with Crippen molar-refractivity contribution >= 4 is 23.0 Å². The van der Waals surface area contributed by atoms with Crippen molar-refractivity contribution in [2.75, 3.05) is 0 Å². The number of aryl methyl sites for hydroxylation is 2. The van der Waals surface area contributed by atoms with Crippen LogP contribution < -0.4 is 5.63 Å². The standard InChI is InChI=1S/C21H17FO4/c1-13-9-18-16(11-21(24)26-19(18)10-14(13)2)12-25-20(23)8-5-15-3-6-17(22)7-4-15/h3-11H,12H2,1-2H3/b8-5+. The van der Waals surface area contributed by atoms with E-state index in [2.05, 4.69) is 0 Å². The topological polar surface area (TPSA) is 56.5 Å². The molecule has 3 rings (SSSR count). The lowest BCUT2D eigenvalue weighted by atomic mass is 10.0. The highest BCUT2D eigenvalue weighted by atomic mass is 19.1. The monoisotopic (exact) mass is 352 g/mol. The lowest BCUT2D eigenvalue weighted by molar-refractivity contribution is -0.138. The van der Waals surface area contributed by atoms with Crippen LogP contribution in [0.25, 0.3) is 17.0 Å². The summed E-state index contributed by atoms with van der Waals surface area (Å²) < 4.78 is 23.3. The molecule has 0 N–H and O–H groups in total. The number of halogens is 1. The van der Waals surface area contributed by atoms with Crippen molar-refractivity contribution in [2.24, 2.45) is 0 Å². The van der Waals surface area contributed by atoms with Gasteiger partial charge in [0.1, 0.15) is 18.0 Å². The molecule has 0 radical (unpaired) electrons. The van der Waals surface area contributed by atoms with Gasteiger partial charge in [0.25, 0.3) is 0 Å². The van der Waals surface area contributed by atoms with Crippen molar-refractivity contribution in [3.63, 3.8) is 0 Å². The van der Waals surface area contributed by atoms with E-state index in [1.54, 1.807) is 18.2 Å². The second kappa shape index (κ2) is 7.35. The Kier molecular flexibility index (Phi) is 4.98. The summed E-state index contributed by atoms with van der Waals surface area (Å²) >= 11 is 0. The molecule has 0 amide bonds. The minimum absolute atomic E-state index is 0.0445. The van der Waals surface area contributed by atoms with Crippen LogP contribution in [0.3, 0.4) is 0 Å². The number of esters is 1. The molecular weight excluding hydrogens is 335 g/mol. The van der Waals surface area contributed by atoms with Crippen LogP contribution >= 0.6 is 0 Å². The second-order valence-electron chi connectivity index (χ2n) is 6.02. The molecule has 0 bridgehead atoms. The summed E-state index contributed by atoms with van der Waals surface area (Å²) in [7, 11) is 0. The number of hydrogen-bond acceptors (Lipinski definition) is 4. The van der Waals surface area contributed by atoms with Crippen molar-refractivity contribution in [1.82, 2.24) is 0 Å². The quantitative estimate of drug-likeness (QED) is 0.399. The van der Waals surface area contributed by atoms with Crippen LogP contribution in [-0.2, 0) is 16.1 Å². The zero-order valence-electron chi connectivity index (χ0n) is 14.4. The summed E-state index contributed by atoms with van der Waals surface area (Å²) in [4.78, 5) is 23.6. The van der Waals surface area contributed by atoms with E-state index in [9.17, 15) is 14.0 Å². The van der Waals surface area contributed by atoms with Gasteiger partial charge in [-0.05, 0) is 60.9 Å². The zero-order chi connectivity index (χ0) is 18.7. The summed E-state index contributed by atoms with van der Waals surface area (Å²) in [5.41, 5.74) is 3.30. The van der Waals surface area contributed by atoms with Gasteiger partial charge in [-0.3, -0.25) is 0 Å². The first kappa shape index (κ1) is 17.6. The fourth-order valence-electron chi connectivity index (χ4n) is 2.54. The van der Waals surface area contributed by atoms with E-state index in [0.29, 0.717) is 16.7 Å². The first-order valence-corrected chi connectivity index (χ1v) is 8.07. The molecule has 26 heavy (non-hydrogen) atoms. The maximum absolute atomic E-state index is 12.9. The smallest absolute Gasteiger partial charge is 0.336 e. The molecule has 0 aliphatic carbocycles. The number of carbonyl (C=O) groups excluding carboxylic acids is 1. The maximum atomic E-state index is 12.9. The van der Waals surface area contributed by atoms with E-state index in [0.717, 1.165) is 16.5 Å². The predicted octanol–water partition coefficient (Wildman–Crippen LogP) is 4.31. The Morgan fingerprint density at radius 2 is 1.81 bits per heavy atom. The van der Waals surface area contributed by atoms with Crippen LogP contribution in [0.5, 0.6) is 0 Å². The van der Waals surface area contributed by atoms with Gasteiger partial charge in [-0.2, -0.15) is 0 Å². The van der Waals surface area contributed by atoms with Crippen molar-refractivity contribution < 1.29 is 18.3 Å². The zero-order valence-corrected chi connectivity index (χ0v) is 14.4. The summed E-state index contributed by atoms with van der Waals surface area (Å²) in [6, 6.07) is 10.8. The van der Waals surface area contributed by atoms with Gasteiger partial charge in [-0.15, -0.1) is 0 Å². The van der Waals surface area contributed by atoms with E-state index in [1.807, 2.05) is 19.9 Å². The van der Waals surface area contributed by atoms with E-state index in [4.69, 9.17) is 9.15 Å². The minimum atomic E-state index is -0.556. The average molecular weight is 352 g/mol. The minimum Gasteiger partial charge on any atom is -0.458 e. The maximum Gasteiger partial charge on any atom is 0.336 e. The van der Waals surface area contributed by atoms with E-state index in [-0.39, 0.29) is 12.4 Å². The molecule has 1 aromatic heterocycles. The molecule has 5 heteroatoms. The Hall–Kier alpha value is -3.21. The fourth-order valence-corrected chi connectivity index (χ4v) is 2.54. The Bertz CT molecular complexity index is 1050. The highest BCUT2D eigenvalue weighted by molar-refractivity contribution is 5.87. The largest absolute Gasteiger partial charge is 0.458 e. The number of hydrogen-bond donors (Lipinski definition) is 0. The predicted molar refractivity (Wildman–Crippen MR) is 97.2 cm³/mol. The number of rotatable bonds is 4. The van der Waals surface area contributed by atoms with Crippen molar-refractivity contribution in [1.29, 1.82) is 0 Å². The van der Waals surface area contributed by atoms with Crippen LogP contribution in [0.2, 0.25) is 0 Å². The van der Waals surface area contributed by atoms with Gasteiger partial charge in [-0.25, -0.2) is 14.0 Å². The number of benzene rings is 2. The van der Waals surface area contributed by atoms with Gasteiger partial charge in [0.2, 0.25) is 0 Å². The van der Waals surface area contributed by atoms with E-state index < -0.39 is 11.6 Å². The summed E-state index contributed by atoms with van der Waals surface area (Å²) in [5, 5.41) is 0.739. The van der Waals surface area contributed by atoms with Crippen LogP contribution in [0.1, 0.15) is 22.3 Å². The highest BCUT2D eigenvalue weighted by Crippen LogP contribution is 2.22. The summed E-state index contributed by atoms with van der Waals surface area (Å²) in [6.45, 7) is 3.85. The lowest BCUT2D eigenvalue weighted by Crippen LogP contribution is -2.06. The molecule has 0 aliphatic heterocycles. The number of ether oxygens (including phenoxy) is 1. The molecule has 2 aromatic carbocycles. The van der Waals surface area contributed by atoms with Crippen molar-refractivity contribution in [3.05, 3.63) is 87.0 Å². The molecule has 0 spiro atoms. The molecule has 0 aliphatic rings. The van der Waals surface area contributed by atoms with E-state index in [1.165, 1.54) is 30.4 Å². The van der Waals surface area contributed by atoms with Gasteiger partial charge >= 0.3 is 11.6 Å². The fraction of sp³-hybridized carbons (Fsp3) is 0.143. The molecule has 1 heterocycles. The van der Waals surface area contributed by atoms with Crippen LogP contribution in [0, 0.1) is 19.7 Å². The summed E-state index contributed by atoms with van der Waals surface area (Å²) in [5.74, 6) is -0.899. The third-order valence-corrected chi connectivity index (χ3v) is 4.10. The molecule has 0 atom stereocenters. The molecule has 0 fully saturated rings. The first-order valence-electron chi connectivity index (χ1n) is 8.07. The Labute approximate surface area is 149 Å². The Balaban J connectivity index is 1.76. The first-order chi connectivity index (χ1) is 12.4. The molecule has 132 valence electrons. The molecule has 0 saturated heterocycles. The molecule has 0 unspecified atom stereocenters. The third kappa shape index (κ3) is 4.06. The molecule has 3 aromatic rings. The average Bonchev–Trinajstić information content (AvgIpc) is 2.60. The highest BCUT2D eigenvalue weighted by Gasteiger charge is 2.09. The second-order valence-corrected chi connectivity index (χ2v) is 6.02.